The van der Waals surface area contributed by atoms with Gasteiger partial charge in [0.25, 0.3) is 0 Å². The molecule has 0 spiro atoms. The predicted molar refractivity (Wildman–Crippen MR) is 169 cm³/mol. The zero-order chi connectivity index (χ0) is 27.6. The van der Waals surface area contributed by atoms with Crippen molar-refractivity contribution in [2.24, 2.45) is 0 Å². The molecule has 0 aliphatic carbocycles. The molecule has 2 aromatic heterocycles. The Labute approximate surface area is 245 Å². The third-order valence-corrected chi connectivity index (χ3v) is 8.80. The number of rotatable bonds is 3. The highest BCUT2D eigenvalue weighted by atomic mass is 32.2. The van der Waals surface area contributed by atoms with Gasteiger partial charge in [0, 0.05) is 26.3 Å². The van der Waals surface area contributed by atoms with Crippen LogP contribution in [0.5, 0.6) is 0 Å². The van der Waals surface area contributed by atoms with Gasteiger partial charge in [0.05, 0.1) is 17.1 Å². The molecule has 0 fully saturated rings. The van der Waals surface area contributed by atoms with Crippen LogP contribution in [0.25, 0.3) is 55.9 Å². The van der Waals surface area contributed by atoms with E-state index in [0.29, 0.717) is 11.8 Å². The molecule has 1 aliphatic heterocycles. The fraction of sp³-hybridized carbons (Fsp3) is 0. The summed E-state index contributed by atoms with van der Waals surface area (Å²) in [6.07, 6.45) is 0. The van der Waals surface area contributed by atoms with Crippen molar-refractivity contribution in [2.75, 3.05) is 4.90 Å². The zero-order valence-electron chi connectivity index (χ0n) is 22.2. The molecule has 42 heavy (non-hydrogen) atoms. The SMILES string of the molecule is c1ccc2c(N3c4ccc(-c5nc6ccccc6o5)cc4Sc4cc(-c5nc6ccccc6o5)ccc43)cccc2c1. The third kappa shape index (κ3) is 3.66. The summed E-state index contributed by atoms with van der Waals surface area (Å²) in [5, 5.41) is 2.39. The zero-order valence-corrected chi connectivity index (χ0v) is 23.0. The first-order valence-electron chi connectivity index (χ1n) is 13.7. The van der Waals surface area contributed by atoms with Gasteiger partial charge in [-0.15, -0.1) is 0 Å². The highest BCUT2D eigenvalue weighted by Crippen LogP contribution is 2.54. The molecule has 3 heterocycles. The van der Waals surface area contributed by atoms with Gasteiger partial charge in [-0.2, -0.15) is 0 Å². The van der Waals surface area contributed by atoms with E-state index in [1.807, 2.05) is 48.5 Å². The van der Waals surface area contributed by atoms with Gasteiger partial charge < -0.3 is 13.7 Å². The number of fused-ring (bicyclic) bond motifs is 5. The number of aromatic nitrogens is 2. The van der Waals surface area contributed by atoms with Crippen molar-refractivity contribution in [1.29, 1.82) is 0 Å². The molecule has 9 rings (SSSR count). The first-order chi connectivity index (χ1) is 20.8. The lowest BCUT2D eigenvalue weighted by Crippen LogP contribution is -2.15. The fourth-order valence-corrected chi connectivity index (χ4v) is 6.87. The molecule has 1 aliphatic rings. The number of para-hydroxylation sites is 4. The van der Waals surface area contributed by atoms with Crippen LogP contribution in [0.2, 0.25) is 0 Å². The van der Waals surface area contributed by atoms with Crippen molar-refractivity contribution in [2.45, 2.75) is 9.79 Å². The van der Waals surface area contributed by atoms with Crippen molar-refractivity contribution in [3.05, 3.63) is 127 Å². The Balaban J connectivity index is 1.23. The summed E-state index contributed by atoms with van der Waals surface area (Å²) in [6, 6.07) is 43.6. The van der Waals surface area contributed by atoms with E-state index in [1.54, 1.807) is 11.8 Å². The van der Waals surface area contributed by atoms with Crippen LogP contribution in [0.3, 0.4) is 0 Å². The minimum absolute atomic E-state index is 0.613. The molecule has 198 valence electrons. The average molecular weight is 560 g/mol. The largest absolute Gasteiger partial charge is 0.436 e. The first kappa shape index (κ1) is 23.4. The standard InChI is InChI=1S/C36H21N3O2S/c1-2-10-25-22(8-1)9-7-13-28(25)39-29-18-16-23(35-37-26-11-3-5-14-31(26)40-35)20-33(29)42-34-21-24(17-19-30(34)39)36-38-27-12-4-6-15-32(27)41-36/h1-21H. The predicted octanol–water partition coefficient (Wildman–Crippen LogP) is 10.4. The minimum Gasteiger partial charge on any atom is -0.436 e. The fourth-order valence-electron chi connectivity index (χ4n) is 5.73. The highest BCUT2D eigenvalue weighted by molar-refractivity contribution is 7.99. The summed E-state index contributed by atoms with van der Waals surface area (Å²) in [6.45, 7) is 0. The van der Waals surface area contributed by atoms with Gasteiger partial charge in [-0.3, -0.25) is 0 Å². The number of nitrogens with zero attached hydrogens (tertiary/aromatic N) is 3. The van der Waals surface area contributed by atoms with E-state index in [2.05, 4.69) is 83.8 Å². The molecule has 0 radical (unpaired) electrons. The van der Waals surface area contributed by atoms with Crippen LogP contribution >= 0.6 is 11.8 Å². The molecule has 0 saturated heterocycles. The number of anilines is 3. The van der Waals surface area contributed by atoms with Crippen LogP contribution in [-0.2, 0) is 0 Å². The van der Waals surface area contributed by atoms with E-state index in [1.165, 1.54) is 10.8 Å². The third-order valence-electron chi connectivity index (χ3n) is 7.71. The molecule has 0 atom stereocenters. The monoisotopic (exact) mass is 559 g/mol. The number of benzene rings is 6. The Kier molecular flexibility index (Phi) is 5.06. The molecule has 5 nitrogen and oxygen atoms in total. The Morgan fingerprint density at radius 3 is 1.67 bits per heavy atom. The second kappa shape index (κ2) is 9.09. The van der Waals surface area contributed by atoms with Crippen molar-refractivity contribution < 1.29 is 8.83 Å². The van der Waals surface area contributed by atoms with Crippen LogP contribution in [0.1, 0.15) is 0 Å². The molecule has 0 saturated carbocycles. The normalized spacial score (nSPS) is 12.6. The second-order valence-corrected chi connectivity index (χ2v) is 11.4. The summed E-state index contributed by atoms with van der Waals surface area (Å²) in [5.74, 6) is 1.23. The maximum absolute atomic E-state index is 6.13. The maximum Gasteiger partial charge on any atom is 0.227 e. The van der Waals surface area contributed by atoms with E-state index in [0.717, 1.165) is 60.2 Å². The van der Waals surface area contributed by atoms with E-state index in [4.69, 9.17) is 18.8 Å². The number of hydrogen-bond donors (Lipinski definition) is 0. The van der Waals surface area contributed by atoms with E-state index >= 15 is 0 Å². The molecule has 0 bridgehead atoms. The van der Waals surface area contributed by atoms with Crippen molar-refractivity contribution in [1.82, 2.24) is 9.97 Å². The van der Waals surface area contributed by atoms with Crippen molar-refractivity contribution in [3.8, 4) is 22.9 Å². The lowest BCUT2D eigenvalue weighted by molar-refractivity contribution is 0.619. The first-order valence-corrected chi connectivity index (χ1v) is 14.6. The molecule has 0 amide bonds. The van der Waals surface area contributed by atoms with E-state index in [-0.39, 0.29) is 0 Å². The lowest BCUT2D eigenvalue weighted by Gasteiger charge is -2.34. The average Bonchev–Trinajstić information content (AvgIpc) is 3.68. The van der Waals surface area contributed by atoms with Crippen LogP contribution < -0.4 is 4.90 Å². The minimum atomic E-state index is 0.613. The smallest absolute Gasteiger partial charge is 0.227 e. The second-order valence-electron chi connectivity index (χ2n) is 10.3. The molecule has 8 aromatic rings. The Morgan fingerprint density at radius 2 is 1.05 bits per heavy atom. The Morgan fingerprint density at radius 1 is 0.500 bits per heavy atom. The van der Waals surface area contributed by atoms with Gasteiger partial charge in [-0.05, 0) is 72.1 Å². The highest BCUT2D eigenvalue weighted by Gasteiger charge is 2.28. The van der Waals surface area contributed by atoms with E-state index in [9.17, 15) is 0 Å². The Bertz CT molecular complexity index is 2120. The van der Waals surface area contributed by atoms with Gasteiger partial charge in [0.1, 0.15) is 11.0 Å². The quantitative estimate of drug-likeness (QED) is 0.215. The van der Waals surface area contributed by atoms with Gasteiger partial charge in [0.15, 0.2) is 11.2 Å². The van der Waals surface area contributed by atoms with Crippen LogP contribution in [0.15, 0.2) is 146 Å². The van der Waals surface area contributed by atoms with Crippen LogP contribution in [-0.4, -0.2) is 9.97 Å². The maximum atomic E-state index is 6.13. The van der Waals surface area contributed by atoms with Gasteiger partial charge in [0.2, 0.25) is 11.8 Å². The number of oxazole rings is 2. The molecular formula is C36H21N3O2S. The van der Waals surface area contributed by atoms with Crippen LogP contribution in [0.4, 0.5) is 17.1 Å². The molecular weight excluding hydrogens is 538 g/mol. The summed E-state index contributed by atoms with van der Waals surface area (Å²) in [4.78, 5) is 14.1. The topological polar surface area (TPSA) is 55.3 Å². The summed E-state index contributed by atoms with van der Waals surface area (Å²) in [5.41, 5.74) is 8.49. The molecule has 0 unspecified atom stereocenters. The summed E-state index contributed by atoms with van der Waals surface area (Å²) < 4.78 is 12.3. The van der Waals surface area contributed by atoms with Gasteiger partial charge in [-0.25, -0.2) is 9.97 Å². The van der Waals surface area contributed by atoms with Crippen molar-refractivity contribution in [3.63, 3.8) is 0 Å². The number of hydrogen-bond acceptors (Lipinski definition) is 6. The van der Waals surface area contributed by atoms with E-state index < -0.39 is 0 Å². The summed E-state index contributed by atoms with van der Waals surface area (Å²) in [7, 11) is 0. The van der Waals surface area contributed by atoms with Gasteiger partial charge in [-0.1, -0.05) is 72.4 Å². The molecule has 0 N–H and O–H groups in total. The van der Waals surface area contributed by atoms with Crippen molar-refractivity contribution >= 4 is 61.8 Å². The van der Waals surface area contributed by atoms with Crippen LogP contribution in [0, 0.1) is 0 Å². The lowest BCUT2D eigenvalue weighted by atomic mass is 10.1. The Hall–Kier alpha value is -5.33. The molecule has 6 aromatic carbocycles. The summed E-state index contributed by atoms with van der Waals surface area (Å²) >= 11 is 1.74. The molecule has 6 heteroatoms. The van der Waals surface area contributed by atoms with Gasteiger partial charge >= 0.3 is 0 Å².